The Kier molecular flexibility index (Phi) is 2.32. The molecule has 2 fully saturated rings. The third-order valence-electron chi connectivity index (χ3n) is 2.98. The van der Waals surface area contributed by atoms with Crippen molar-refractivity contribution in [2.75, 3.05) is 0 Å². The molecule has 1 heterocycles. The fourth-order valence-corrected chi connectivity index (χ4v) is 2.34. The van der Waals surface area contributed by atoms with E-state index in [1.54, 1.807) is 0 Å². The summed E-state index contributed by atoms with van der Waals surface area (Å²) in [7, 11) is 0. The fraction of sp³-hybridized carbons (Fsp3) is 0.800. The Balaban J connectivity index is 2.00. The van der Waals surface area contributed by atoms with Gasteiger partial charge in [-0.3, -0.25) is 4.79 Å². The number of Topliss-reactive ketones (excluding diaryl/α,β-unsaturated/α-hetero) is 1. The highest BCUT2D eigenvalue weighted by molar-refractivity contribution is 5.82. The summed E-state index contributed by atoms with van der Waals surface area (Å²) in [4.78, 5) is 11.5. The van der Waals surface area contributed by atoms with E-state index < -0.39 is 0 Å². The molecule has 1 aliphatic heterocycles. The molecular formula is C10H13NO2. The summed E-state index contributed by atoms with van der Waals surface area (Å²) in [6.07, 6.45) is 4.01. The second-order valence-corrected chi connectivity index (χ2v) is 3.86. The number of rotatable bonds is 1. The lowest BCUT2D eigenvalue weighted by molar-refractivity contribution is -0.127. The van der Waals surface area contributed by atoms with Gasteiger partial charge in [0.05, 0.1) is 24.7 Å². The van der Waals surface area contributed by atoms with Crippen LogP contribution < -0.4 is 0 Å². The topological polar surface area (TPSA) is 50.1 Å². The van der Waals surface area contributed by atoms with Crippen molar-refractivity contribution in [1.29, 1.82) is 5.26 Å². The van der Waals surface area contributed by atoms with Gasteiger partial charge >= 0.3 is 0 Å². The number of ketones is 1. The van der Waals surface area contributed by atoms with Crippen LogP contribution in [-0.4, -0.2) is 18.0 Å². The Morgan fingerprint density at radius 3 is 3.15 bits per heavy atom. The van der Waals surface area contributed by atoms with Crippen LogP contribution in [0.1, 0.15) is 32.1 Å². The predicted molar refractivity (Wildman–Crippen MR) is 45.9 cm³/mol. The van der Waals surface area contributed by atoms with Crippen molar-refractivity contribution in [3.8, 4) is 6.07 Å². The van der Waals surface area contributed by atoms with Gasteiger partial charge in [0, 0.05) is 12.3 Å². The van der Waals surface area contributed by atoms with Crippen LogP contribution in [-0.2, 0) is 9.53 Å². The number of hydrogen-bond donors (Lipinski definition) is 0. The summed E-state index contributed by atoms with van der Waals surface area (Å²) in [6, 6.07) is 2.10. The molecule has 2 rings (SSSR count). The first kappa shape index (κ1) is 8.71. The molecule has 0 N–H and O–H groups in total. The molecule has 1 saturated heterocycles. The van der Waals surface area contributed by atoms with Gasteiger partial charge in [-0.05, 0) is 19.3 Å². The third kappa shape index (κ3) is 1.59. The van der Waals surface area contributed by atoms with E-state index in [0.29, 0.717) is 18.6 Å². The van der Waals surface area contributed by atoms with E-state index in [0.717, 1.165) is 19.3 Å². The Bertz CT molecular complexity index is 256. The predicted octanol–water partition coefficient (Wildman–Crippen LogP) is 1.43. The van der Waals surface area contributed by atoms with Gasteiger partial charge in [-0.2, -0.15) is 5.26 Å². The average Bonchev–Trinajstić information content (AvgIpc) is 2.49. The molecule has 0 radical (unpaired) electrons. The lowest BCUT2D eigenvalue weighted by Gasteiger charge is -2.21. The van der Waals surface area contributed by atoms with E-state index in [4.69, 9.17) is 10.00 Å². The second-order valence-electron chi connectivity index (χ2n) is 3.86. The fourth-order valence-electron chi connectivity index (χ4n) is 2.34. The molecule has 0 aromatic rings. The highest BCUT2D eigenvalue weighted by Crippen LogP contribution is 2.36. The second kappa shape index (κ2) is 3.47. The van der Waals surface area contributed by atoms with Crippen LogP contribution in [0.4, 0.5) is 0 Å². The zero-order chi connectivity index (χ0) is 9.26. The van der Waals surface area contributed by atoms with E-state index in [-0.39, 0.29) is 18.1 Å². The summed E-state index contributed by atoms with van der Waals surface area (Å²) in [5, 5.41) is 8.51. The molecule has 0 bridgehead atoms. The standard InChI is InChI=1S/C10H13NO2/c11-5-4-7-6-8-9(12)2-1-3-10(8)13-7/h7-8,10H,1-4,6H2/t7-,8+,10-/m0/s1. The zero-order valence-corrected chi connectivity index (χ0v) is 7.53. The SMILES string of the molecule is N#CC[C@H]1C[C@@H]2C(=O)CCC[C@@H]2O1. The number of ether oxygens (including phenoxy) is 1. The van der Waals surface area contributed by atoms with Crippen molar-refractivity contribution in [1.82, 2.24) is 0 Å². The van der Waals surface area contributed by atoms with Crippen molar-refractivity contribution in [3.63, 3.8) is 0 Å². The first-order valence-electron chi connectivity index (χ1n) is 4.86. The highest BCUT2D eigenvalue weighted by atomic mass is 16.5. The maximum atomic E-state index is 11.5. The lowest BCUT2D eigenvalue weighted by Crippen LogP contribution is -2.28. The molecule has 0 amide bonds. The normalized spacial score (nSPS) is 38.4. The zero-order valence-electron chi connectivity index (χ0n) is 7.53. The molecule has 3 heteroatoms. The molecule has 0 unspecified atom stereocenters. The molecule has 0 aromatic heterocycles. The van der Waals surface area contributed by atoms with Gasteiger partial charge in [0.25, 0.3) is 0 Å². The summed E-state index contributed by atoms with van der Waals surface area (Å²) in [6.45, 7) is 0. The minimum Gasteiger partial charge on any atom is -0.373 e. The molecule has 0 aromatic carbocycles. The highest BCUT2D eigenvalue weighted by Gasteiger charge is 2.41. The van der Waals surface area contributed by atoms with Crippen LogP contribution in [0.15, 0.2) is 0 Å². The largest absolute Gasteiger partial charge is 0.373 e. The number of carbonyl (C=O) groups excluding carboxylic acids is 1. The van der Waals surface area contributed by atoms with Gasteiger partial charge in [-0.1, -0.05) is 0 Å². The van der Waals surface area contributed by atoms with Crippen molar-refractivity contribution in [2.45, 2.75) is 44.3 Å². The van der Waals surface area contributed by atoms with Crippen LogP contribution in [0, 0.1) is 17.2 Å². The molecule has 1 saturated carbocycles. The third-order valence-corrected chi connectivity index (χ3v) is 2.98. The van der Waals surface area contributed by atoms with Crippen molar-refractivity contribution >= 4 is 5.78 Å². The van der Waals surface area contributed by atoms with Gasteiger partial charge in [0.1, 0.15) is 5.78 Å². The van der Waals surface area contributed by atoms with Crippen LogP contribution in [0.2, 0.25) is 0 Å². The van der Waals surface area contributed by atoms with Crippen LogP contribution in [0.5, 0.6) is 0 Å². The molecule has 70 valence electrons. The van der Waals surface area contributed by atoms with Gasteiger partial charge < -0.3 is 4.74 Å². The maximum absolute atomic E-state index is 11.5. The minimum absolute atomic E-state index is 0.0158. The van der Waals surface area contributed by atoms with Crippen molar-refractivity contribution < 1.29 is 9.53 Å². The smallest absolute Gasteiger partial charge is 0.138 e. The first-order chi connectivity index (χ1) is 6.31. The number of nitrogens with zero attached hydrogens (tertiary/aromatic N) is 1. The van der Waals surface area contributed by atoms with Gasteiger partial charge in [0.2, 0.25) is 0 Å². The van der Waals surface area contributed by atoms with E-state index >= 15 is 0 Å². The monoisotopic (exact) mass is 179 g/mol. The van der Waals surface area contributed by atoms with Gasteiger partial charge in [0.15, 0.2) is 0 Å². The lowest BCUT2D eigenvalue weighted by atomic mass is 9.84. The number of fused-ring (bicyclic) bond motifs is 1. The van der Waals surface area contributed by atoms with Crippen molar-refractivity contribution in [2.24, 2.45) is 5.92 Å². The van der Waals surface area contributed by atoms with E-state index in [2.05, 4.69) is 6.07 Å². The summed E-state index contributed by atoms with van der Waals surface area (Å²) < 4.78 is 5.63. The molecule has 1 aliphatic carbocycles. The van der Waals surface area contributed by atoms with E-state index in [9.17, 15) is 4.79 Å². The average molecular weight is 179 g/mol. The molecular weight excluding hydrogens is 166 g/mol. The Labute approximate surface area is 77.7 Å². The van der Waals surface area contributed by atoms with Crippen molar-refractivity contribution in [3.05, 3.63) is 0 Å². The molecule has 2 aliphatic rings. The molecule has 3 atom stereocenters. The number of nitriles is 1. The maximum Gasteiger partial charge on any atom is 0.138 e. The van der Waals surface area contributed by atoms with Crippen LogP contribution >= 0.6 is 0 Å². The minimum atomic E-state index is 0.0158. The number of hydrogen-bond acceptors (Lipinski definition) is 3. The van der Waals surface area contributed by atoms with Gasteiger partial charge in [-0.15, -0.1) is 0 Å². The summed E-state index contributed by atoms with van der Waals surface area (Å²) in [5.74, 6) is 0.448. The first-order valence-corrected chi connectivity index (χ1v) is 4.86. The van der Waals surface area contributed by atoms with Crippen LogP contribution in [0.25, 0.3) is 0 Å². The number of carbonyl (C=O) groups is 1. The Morgan fingerprint density at radius 1 is 1.62 bits per heavy atom. The summed E-state index contributed by atoms with van der Waals surface area (Å²) in [5.41, 5.74) is 0. The van der Waals surface area contributed by atoms with Crippen LogP contribution in [0.3, 0.4) is 0 Å². The molecule has 13 heavy (non-hydrogen) atoms. The van der Waals surface area contributed by atoms with Gasteiger partial charge in [-0.25, -0.2) is 0 Å². The Hall–Kier alpha value is -0.880. The Morgan fingerprint density at radius 2 is 2.46 bits per heavy atom. The summed E-state index contributed by atoms with van der Waals surface area (Å²) >= 11 is 0. The molecule has 0 spiro atoms. The quantitative estimate of drug-likeness (QED) is 0.611. The van der Waals surface area contributed by atoms with E-state index in [1.165, 1.54) is 0 Å². The molecule has 3 nitrogen and oxygen atoms in total. The van der Waals surface area contributed by atoms with E-state index in [1.807, 2.05) is 0 Å².